The van der Waals surface area contributed by atoms with Crippen LogP contribution >= 0.6 is 0 Å². The van der Waals surface area contributed by atoms with Crippen molar-refractivity contribution in [3.05, 3.63) is 24.3 Å². The molecule has 0 atom stereocenters. The third kappa shape index (κ3) is 6.23. The monoisotopic (exact) mass is 368 g/mol. The topological polar surface area (TPSA) is 75.7 Å². The Hall–Kier alpha value is -1.76. The molecule has 6 nitrogen and oxygen atoms in total. The molecule has 140 valence electrons. The summed E-state index contributed by atoms with van der Waals surface area (Å²) in [5, 5.41) is 3.03. The first-order valence-corrected chi connectivity index (χ1v) is 10.7. The molecule has 25 heavy (non-hydrogen) atoms. The highest BCUT2D eigenvalue weighted by Crippen LogP contribution is 2.22. The Morgan fingerprint density at radius 3 is 2.44 bits per heavy atom. The third-order valence-corrected chi connectivity index (χ3v) is 5.52. The van der Waals surface area contributed by atoms with Gasteiger partial charge in [-0.05, 0) is 50.5 Å². The number of carbonyl (C=O) groups excluding carboxylic acids is 1. The quantitative estimate of drug-likeness (QED) is 0.727. The van der Waals surface area contributed by atoms with Crippen LogP contribution in [0.2, 0.25) is 0 Å². The van der Waals surface area contributed by atoms with Gasteiger partial charge in [0.05, 0.1) is 18.6 Å². The first kappa shape index (κ1) is 19.6. The first-order chi connectivity index (χ1) is 11.9. The van der Waals surface area contributed by atoms with E-state index in [0.717, 1.165) is 12.8 Å². The van der Waals surface area contributed by atoms with Crippen LogP contribution in [0.15, 0.2) is 24.3 Å². The zero-order valence-corrected chi connectivity index (χ0v) is 15.8. The van der Waals surface area contributed by atoms with Gasteiger partial charge < -0.3 is 10.1 Å². The Bertz CT molecular complexity index is 652. The van der Waals surface area contributed by atoms with Gasteiger partial charge >= 0.3 is 0 Å². The van der Waals surface area contributed by atoms with E-state index in [0.29, 0.717) is 36.9 Å². The lowest BCUT2D eigenvalue weighted by Crippen LogP contribution is -2.34. The van der Waals surface area contributed by atoms with Crippen LogP contribution in [0.3, 0.4) is 0 Å². The van der Waals surface area contributed by atoms with E-state index >= 15 is 0 Å². The third-order valence-electron chi connectivity index (χ3n) is 4.32. The number of hydrogen-bond acceptors (Lipinski definition) is 4. The van der Waals surface area contributed by atoms with Crippen molar-refractivity contribution >= 4 is 21.6 Å². The largest absolute Gasteiger partial charge is 0.494 e. The van der Waals surface area contributed by atoms with Gasteiger partial charge in [-0.1, -0.05) is 12.8 Å². The van der Waals surface area contributed by atoms with Crippen LogP contribution in [0.25, 0.3) is 0 Å². The molecule has 0 saturated heterocycles. The molecule has 0 radical (unpaired) electrons. The standard InChI is InChI=1S/C18H28N2O4S/c1-3-24-17-12-10-16(11-13-17)20(25(2,22)23)14-6-9-18(21)19-15-7-4-5-8-15/h10-13,15H,3-9,14H2,1-2H3,(H,19,21). The second kappa shape index (κ2) is 9.08. The average Bonchev–Trinajstić information content (AvgIpc) is 3.05. The van der Waals surface area contributed by atoms with Crippen molar-refractivity contribution in [3.8, 4) is 5.75 Å². The number of nitrogens with one attached hydrogen (secondary N) is 1. The predicted octanol–water partition coefficient (Wildman–Crippen LogP) is 2.69. The molecule has 7 heteroatoms. The molecule has 1 aromatic rings. The van der Waals surface area contributed by atoms with Crippen molar-refractivity contribution in [3.63, 3.8) is 0 Å². The van der Waals surface area contributed by atoms with E-state index in [1.54, 1.807) is 24.3 Å². The average molecular weight is 368 g/mol. The minimum atomic E-state index is -3.40. The van der Waals surface area contributed by atoms with Gasteiger partial charge in [-0.3, -0.25) is 9.10 Å². The van der Waals surface area contributed by atoms with Crippen molar-refractivity contribution in [1.82, 2.24) is 5.32 Å². The molecule has 1 amide bonds. The van der Waals surface area contributed by atoms with Crippen molar-refractivity contribution in [2.45, 2.75) is 51.5 Å². The van der Waals surface area contributed by atoms with Crippen LogP contribution in [-0.4, -0.2) is 39.8 Å². The summed E-state index contributed by atoms with van der Waals surface area (Å²) in [6.07, 6.45) is 6.44. The fourth-order valence-corrected chi connectivity index (χ4v) is 4.08. The SMILES string of the molecule is CCOc1ccc(N(CCCC(=O)NC2CCCC2)S(C)(=O)=O)cc1. The molecule has 2 rings (SSSR count). The number of benzene rings is 1. The minimum absolute atomic E-state index is 0.00652. The van der Waals surface area contributed by atoms with Crippen LogP contribution in [-0.2, 0) is 14.8 Å². The maximum atomic E-state index is 12.1. The van der Waals surface area contributed by atoms with E-state index in [-0.39, 0.29) is 12.5 Å². The number of ether oxygens (including phenoxy) is 1. The lowest BCUT2D eigenvalue weighted by atomic mass is 10.2. The molecule has 0 bridgehead atoms. The van der Waals surface area contributed by atoms with Crippen molar-refractivity contribution in [2.75, 3.05) is 23.7 Å². The zero-order chi connectivity index (χ0) is 18.3. The second-order valence-electron chi connectivity index (χ2n) is 6.41. The normalized spacial score (nSPS) is 15.1. The fourth-order valence-electron chi connectivity index (χ4n) is 3.11. The van der Waals surface area contributed by atoms with Gasteiger partial charge in [-0.25, -0.2) is 8.42 Å². The highest BCUT2D eigenvalue weighted by atomic mass is 32.2. The maximum Gasteiger partial charge on any atom is 0.232 e. The number of sulfonamides is 1. The molecular weight excluding hydrogens is 340 g/mol. The number of amides is 1. The van der Waals surface area contributed by atoms with Gasteiger partial charge in [-0.2, -0.15) is 0 Å². The van der Waals surface area contributed by atoms with E-state index in [1.807, 2.05) is 6.92 Å². The predicted molar refractivity (Wildman–Crippen MR) is 99.4 cm³/mol. The Kier molecular flexibility index (Phi) is 7.11. The summed E-state index contributed by atoms with van der Waals surface area (Å²) in [6.45, 7) is 2.74. The Balaban J connectivity index is 1.90. The molecule has 0 aromatic heterocycles. The van der Waals surface area contributed by atoms with Gasteiger partial charge in [0, 0.05) is 19.0 Å². The summed E-state index contributed by atoms with van der Waals surface area (Å²) in [6, 6.07) is 7.26. The highest BCUT2D eigenvalue weighted by molar-refractivity contribution is 7.92. The molecule has 0 heterocycles. The maximum absolute atomic E-state index is 12.1. The number of hydrogen-bond donors (Lipinski definition) is 1. The lowest BCUT2D eigenvalue weighted by molar-refractivity contribution is -0.121. The summed E-state index contributed by atoms with van der Waals surface area (Å²) in [5.41, 5.74) is 0.585. The fraction of sp³-hybridized carbons (Fsp3) is 0.611. The summed E-state index contributed by atoms with van der Waals surface area (Å²) < 4.78 is 30.9. The van der Waals surface area contributed by atoms with Gasteiger partial charge in [0.15, 0.2) is 0 Å². The van der Waals surface area contributed by atoms with Crippen LogP contribution in [0, 0.1) is 0 Å². The molecule has 1 aliphatic rings. The smallest absolute Gasteiger partial charge is 0.232 e. The molecule has 1 aliphatic carbocycles. The van der Waals surface area contributed by atoms with E-state index in [4.69, 9.17) is 4.74 Å². The number of anilines is 1. The van der Waals surface area contributed by atoms with Crippen molar-refractivity contribution < 1.29 is 17.9 Å². The Labute approximate surface area is 150 Å². The minimum Gasteiger partial charge on any atom is -0.494 e. The highest BCUT2D eigenvalue weighted by Gasteiger charge is 2.19. The molecule has 0 unspecified atom stereocenters. The van der Waals surface area contributed by atoms with Crippen LogP contribution in [0.5, 0.6) is 5.75 Å². The second-order valence-corrected chi connectivity index (χ2v) is 8.32. The zero-order valence-electron chi connectivity index (χ0n) is 15.0. The van der Waals surface area contributed by atoms with E-state index in [1.165, 1.54) is 23.4 Å². The van der Waals surface area contributed by atoms with E-state index in [2.05, 4.69) is 5.32 Å². The summed E-state index contributed by atoms with van der Waals surface area (Å²) in [4.78, 5) is 12.0. The van der Waals surface area contributed by atoms with Crippen molar-refractivity contribution in [2.24, 2.45) is 0 Å². The molecule has 0 aliphatic heterocycles. The van der Waals surface area contributed by atoms with E-state index < -0.39 is 10.0 Å². The van der Waals surface area contributed by atoms with E-state index in [9.17, 15) is 13.2 Å². The van der Waals surface area contributed by atoms with Crippen LogP contribution in [0.4, 0.5) is 5.69 Å². The molecular formula is C18H28N2O4S. The molecule has 1 N–H and O–H groups in total. The van der Waals surface area contributed by atoms with Gasteiger partial charge in [0.2, 0.25) is 15.9 Å². The summed E-state index contributed by atoms with van der Waals surface area (Å²) >= 11 is 0. The van der Waals surface area contributed by atoms with Gasteiger partial charge in [0.1, 0.15) is 5.75 Å². The molecule has 0 spiro atoms. The van der Waals surface area contributed by atoms with Crippen molar-refractivity contribution in [1.29, 1.82) is 0 Å². The number of carbonyl (C=O) groups is 1. The van der Waals surface area contributed by atoms with Gasteiger partial charge in [-0.15, -0.1) is 0 Å². The summed E-state index contributed by atoms with van der Waals surface area (Å²) in [7, 11) is -3.40. The molecule has 1 fully saturated rings. The lowest BCUT2D eigenvalue weighted by Gasteiger charge is -2.22. The summed E-state index contributed by atoms with van der Waals surface area (Å²) in [5.74, 6) is 0.711. The van der Waals surface area contributed by atoms with Gasteiger partial charge in [0.25, 0.3) is 0 Å². The number of nitrogens with zero attached hydrogens (tertiary/aromatic N) is 1. The van der Waals surface area contributed by atoms with Crippen LogP contribution < -0.4 is 14.4 Å². The number of rotatable bonds is 9. The first-order valence-electron chi connectivity index (χ1n) is 8.90. The molecule has 1 aromatic carbocycles. The van der Waals surface area contributed by atoms with Crippen LogP contribution in [0.1, 0.15) is 45.4 Å². The molecule has 1 saturated carbocycles. The Morgan fingerprint density at radius 1 is 1.24 bits per heavy atom. The Morgan fingerprint density at radius 2 is 1.88 bits per heavy atom.